The Balaban J connectivity index is 4.37. The molecular weight excluding hydrogens is 242 g/mol. The molecule has 0 aliphatic rings. The van der Waals surface area contributed by atoms with Gasteiger partial charge in [-0.2, -0.15) is 0 Å². The number of nitrogens with zero attached hydrogens (tertiary/aromatic N) is 1. The van der Waals surface area contributed by atoms with E-state index in [1.807, 2.05) is 0 Å². The van der Waals surface area contributed by atoms with Crippen molar-refractivity contribution >= 4 is 0 Å². The van der Waals surface area contributed by atoms with E-state index < -0.39 is 0 Å². The van der Waals surface area contributed by atoms with Gasteiger partial charge in [0, 0.05) is 19.1 Å². The second-order valence-corrected chi connectivity index (χ2v) is 6.88. The molecule has 0 aromatic rings. The number of hydrogen-bond donors (Lipinski definition) is 0. The summed E-state index contributed by atoms with van der Waals surface area (Å²) in [5.41, 5.74) is 0. The van der Waals surface area contributed by atoms with Crippen molar-refractivity contribution in [1.29, 1.82) is 0 Å². The Labute approximate surface area is 129 Å². The van der Waals surface area contributed by atoms with E-state index in [2.05, 4.69) is 46.4 Å². The second kappa shape index (κ2) is 12.7. The van der Waals surface area contributed by atoms with E-state index in [1.165, 1.54) is 64.5 Å². The summed E-state index contributed by atoms with van der Waals surface area (Å²) in [6.07, 6.45) is 11.0. The third-order valence-corrected chi connectivity index (χ3v) is 4.80. The summed E-state index contributed by atoms with van der Waals surface area (Å²) in [5, 5.41) is 0. The molecule has 1 heteroatoms. The average Bonchev–Trinajstić information content (AvgIpc) is 2.45. The van der Waals surface area contributed by atoms with E-state index in [0.717, 1.165) is 11.8 Å². The van der Waals surface area contributed by atoms with Gasteiger partial charge in [0.2, 0.25) is 0 Å². The molecular formula is C19H41N. The molecule has 0 N–H and O–H groups in total. The van der Waals surface area contributed by atoms with Gasteiger partial charge in [-0.1, -0.05) is 66.2 Å². The first-order chi connectivity index (χ1) is 9.58. The molecule has 0 rings (SSSR count). The summed E-state index contributed by atoms with van der Waals surface area (Å²) >= 11 is 0. The van der Waals surface area contributed by atoms with E-state index in [4.69, 9.17) is 0 Å². The molecule has 0 saturated heterocycles. The highest BCUT2D eigenvalue weighted by Crippen LogP contribution is 2.20. The average molecular weight is 284 g/mol. The van der Waals surface area contributed by atoms with Crippen LogP contribution in [-0.2, 0) is 0 Å². The highest BCUT2D eigenvalue weighted by Gasteiger charge is 2.18. The molecule has 0 aliphatic heterocycles. The van der Waals surface area contributed by atoms with Gasteiger partial charge in [-0.25, -0.2) is 0 Å². The molecule has 2 atom stereocenters. The van der Waals surface area contributed by atoms with E-state index >= 15 is 0 Å². The van der Waals surface area contributed by atoms with Crippen LogP contribution in [0.5, 0.6) is 0 Å². The smallest absolute Gasteiger partial charge is 0.00388 e. The van der Waals surface area contributed by atoms with E-state index in [0.29, 0.717) is 6.04 Å². The van der Waals surface area contributed by atoms with Crippen molar-refractivity contribution in [3.8, 4) is 0 Å². The molecule has 0 aliphatic carbocycles. The Morgan fingerprint density at radius 1 is 0.700 bits per heavy atom. The standard InChI is InChI=1S/C19H41N/c1-7-11-13-18(9-3)15-20(17(5)6)16-19(10-4)14-12-8-2/h17-19H,7-16H2,1-6H3. The summed E-state index contributed by atoms with van der Waals surface area (Å²) in [6, 6.07) is 0.696. The first-order valence-corrected chi connectivity index (χ1v) is 9.32. The quantitative estimate of drug-likeness (QED) is 0.393. The van der Waals surface area contributed by atoms with E-state index in [1.54, 1.807) is 0 Å². The normalized spacial score (nSPS) is 15.0. The van der Waals surface area contributed by atoms with Gasteiger partial charge in [0.25, 0.3) is 0 Å². The number of rotatable bonds is 13. The van der Waals surface area contributed by atoms with Gasteiger partial charge in [-0.15, -0.1) is 0 Å². The number of unbranched alkanes of at least 4 members (excludes halogenated alkanes) is 2. The van der Waals surface area contributed by atoms with Crippen molar-refractivity contribution in [3.05, 3.63) is 0 Å². The monoisotopic (exact) mass is 283 g/mol. The van der Waals surface area contributed by atoms with Crippen LogP contribution in [0.3, 0.4) is 0 Å². The first-order valence-electron chi connectivity index (χ1n) is 9.32. The fraction of sp³-hybridized carbons (Fsp3) is 1.00. The van der Waals surface area contributed by atoms with Crippen LogP contribution in [0.15, 0.2) is 0 Å². The maximum absolute atomic E-state index is 2.76. The minimum Gasteiger partial charge on any atom is -0.300 e. The zero-order valence-corrected chi connectivity index (χ0v) is 15.3. The first kappa shape index (κ1) is 20.0. The number of hydrogen-bond acceptors (Lipinski definition) is 1. The molecule has 20 heavy (non-hydrogen) atoms. The lowest BCUT2D eigenvalue weighted by Gasteiger charge is -2.33. The molecule has 2 unspecified atom stereocenters. The summed E-state index contributed by atoms with van der Waals surface area (Å²) in [5.74, 6) is 1.81. The van der Waals surface area contributed by atoms with Gasteiger partial charge in [-0.3, -0.25) is 0 Å². The highest BCUT2D eigenvalue weighted by molar-refractivity contribution is 4.72. The molecule has 0 bridgehead atoms. The minimum absolute atomic E-state index is 0.696. The molecule has 0 radical (unpaired) electrons. The van der Waals surface area contributed by atoms with E-state index in [-0.39, 0.29) is 0 Å². The SMILES string of the molecule is CCCCC(CC)CN(CC(CC)CCCC)C(C)C. The van der Waals surface area contributed by atoms with Gasteiger partial charge < -0.3 is 4.90 Å². The molecule has 1 nitrogen and oxygen atoms in total. The third kappa shape index (κ3) is 9.00. The molecule has 0 aromatic carbocycles. The van der Waals surface area contributed by atoms with Gasteiger partial charge in [0.05, 0.1) is 0 Å². The summed E-state index contributed by atoms with van der Waals surface area (Å²) in [7, 11) is 0. The van der Waals surface area contributed by atoms with Gasteiger partial charge in [-0.05, 0) is 38.5 Å². The second-order valence-electron chi connectivity index (χ2n) is 6.88. The van der Waals surface area contributed by atoms with Crippen LogP contribution in [0, 0.1) is 11.8 Å². The zero-order chi connectivity index (χ0) is 15.4. The third-order valence-electron chi connectivity index (χ3n) is 4.80. The Morgan fingerprint density at radius 3 is 1.35 bits per heavy atom. The summed E-state index contributed by atoms with van der Waals surface area (Å²) in [6.45, 7) is 16.7. The largest absolute Gasteiger partial charge is 0.300 e. The van der Waals surface area contributed by atoms with Gasteiger partial charge in [0.15, 0.2) is 0 Å². The predicted molar refractivity (Wildman–Crippen MR) is 93.3 cm³/mol. The van der Waals surface area contributed by atoms with Crippen LogP contribution in [0.2, 0.25) is 0 Å². The highest BCUT2D eigenvalue weighted by atomic mass is 15.1. The topological polar surface area (TPSA) is 3.24 Å². The lowest BCUT2D eigenvalue weighted by Crippen LogP contribution is -2.39. The Kier molecular flexibility index (Phi) is 12.7. The molecule has 0 saturated carbocycles. The van der Waals surface area contributed by atoms with Gasteiger partial charge in [0.1, 0.15) is 0 Å². The van der Waals surface area contributed by atoms with Gasteiger partial charge >= 0.3 is 0 Å². The van der Waals surface area contributed by atoms with Crippen LogP contribution in [0.1, 0.15) is 92.9 Å². The van der Waals surface area contributed by atoms with Crippen molar-refractivity contribution in [2.24, 2.45) is 11.8 Å². The predicted octanol–water partition coefficient (Wildman–Crippen LogP) is 6.13. The van der Waals surface area contributed by atoms with E-state index in [9.17, 15) is 0 Å². The summed E-state index contributed by atoms with van der Waals surface area (Å²) < 4.78 is 0. The van der Waals surface area contributed by atoms with Crippen LogP contribution in [0.25, 0.3) is 0 Å². The molecule has 0 spiro atoms. The Bertz CT molecular complexity index is 182. The van der Waals surface area contributed by atoms with Crippen LogP contribution < -0.4 is 0 Å². The molecule has 0 amide bonds. The molecule has 0 aromatic heterocycles. The lowest BCUT2D eigenvalue weighted by atomic mass is 9.95. The molecule has 122 valence electrons. The lowest BCUT2D eigenvalue weighted by molar-refractivity contribution is 0.146. The van der Waals surface area contributed by atoms with Crippen molar-refractivity contribution in [2.45, 2.75) is 99.0 Å². The maximum Gasteiger partial charge on any atom is 0.00388 e. The zero-order valence-electron chi connectivity index (χ0n) is 15.3. The minimum atomic E-state index is 0.696. The van der Waals surface area contributed by atoms with Crippen molar-refractivity contribution < 1.29 is 0 Å². The molecule has 0 heterocycles. The fourth-order valence-corrected chi connectivity index (χ4v) is 2.99. The van der Waals surface area contributed by atoms with Crippen LogP contribution in [-0.4, -0.2) is 24.0 Å². The maximum atomic E-state index is 2.76. The van der Waals surface area contributed by atoms with Crippen molar-refractivity contribution in [1.82, 2.24) is 4.90 Å². The Morgan fingerprint density at radius 2 is 1.10 bits per heavy atom. The Hall–Kier alpha value is -0.0400. The fourth-order valence-electron chi connectivity index (χ4n) is 2.99. The van der Waals surface area contributed by atoms with Crippen LogP contribution >= 0.6 is 0 Å². The van der Waals surface area contributed by atoms with Crippen LogP contribution in [0.4, 0.5) is 0 Å². The summed E-state index contributed by atoms with van der Waals surface area (Å²) in [4.78, 5) is 2.76. The molecule has 0 fully saturated rings. The van der Waals surface area contributed by atoms with Crippen molar-refractivity contribution in [3.63, 3.8) is 0 Å². The van der Waals surface area contributed by atoms with Crippen molar-refractivity contribution in [2.75, 3.05) is 13.1 Å².